The number of carbonyl (C=O) groups excluding carboxylic acids is 3. The summed E-state index contributed by atoms with van der Waals surface area (Å²) in [5.41, 5.74) is -0.330. The Hall–Kier alpha value is -2.37. The van der Waals surface area contributed by atoms with E-state index in [-0.39, 0.29) is 24.4 Å². The van der Waals surface area contributed by atoms with Gasteiger partial charge in [0.1, 0.15) is 12.1 Å². The predicted octanol–water partition coefficient (Wildman–Crippen LogP) is 2.24. The van der Waals surface area contributed by atoms with E-state index in [1.165, 1.54) is 0 Å². The molecule has 3 rings (SSSR count). The fourth-order valence-corrected chi connectivity index (χ4v) is 3.83. The van der Waals surface area contributed by atoms with Crippen LogP contribution in [-0.4, -0.2) is 46.8 Å². The van der Waals surface area contributed by atoms with E-state index in [9.17, 15) is 14.4 Å². The van der Waals surface area contributed by atoms with Crippen LogP contribution in [0.5, 0.6) is 0 Å². The summed E-state index contributed by atoms with van der Waals surface area (Å²) < 4.78 is 0. The van der Waals surface area contributed by atoms with Gasteiger partial charge >= 0.3 is 6.03 Å². The second-order valence-electron chi connectivity index (χ2n) is 6.88. The monoisotopic (exact) mass is 343 g/mol. The number of hydrogen-bond donors (Lipinski definition) is 1. The molecule has 1 N–H and O–H groups in total. The molecule has 4 amide bonds. The van der Waals surface area contributed by atoms with Gasteiger partial charge in [-0.05, 0) is 38.2 Å². The Kier molecular flexibility index (Phi) is 4.79. The SMILES string of the molecule is CC[C@@]1(c2ccccc2)NC(=O)N(CC(=O)N2CCCC[C@H]2C)C1=O. The number of nitrogens with zero attached hydrogens (tertiary/aromatic N) is 2. The van der Waals surface area contributed by atoms with Crippen molar-refractivity contribution in [2.45, 2.75) is 51.1 Å². The topological polar surface area (TPSA) is 69.7 Å². The van der Waals surface area contributed by atoms with E-state index in [0.717, 1.165) is 29.7 Å². The second-order valence-corrected chi connectivity index (χ2v) is 6.88. The van der Waals surface area contributed by atoms with Crippen molar-refractivity contribution in [1.29, 1.82) is 0 Å². The Labute approximate surface area is 148 Å². The number of likely N-dealkylation sites (tertiary alicyclic amines) is 1. The number of rotatable bonds is 4. The van der Waals surface area contributed by atoms with Crippen LogP contribution in [0.15, 0.2) is 30.3 Å². The van der Waals surface area contributed by atoms with Crippen LogP contribution >= 0.6 is 0 Å². The molecule has 0 bridgehead atoms. The van der Waals surface area contributed by atoms with E-state index in [2.05, 4.69) is 5.32 Å². The number of nitrogens with one attached hydrogen (secondary N) is 1. The van der Waals surface area contributed by atoms with Gasteiger partial charge in [-0.2, -0.15) is 0 Å². The fraction of sp³-hybridized carbons (Fsp3) is 0.526. The zero-order chi connectivity index (χ0) is 18.0. The first-order chi connectivity index (χ1) is 12.0. The van der Waals surface area contributed by atoms with Crippen LogP contribution < -0.4 is 5.32 Å². The highest BCUT2D eigenvalue weighted by Crippen LogP contribution is 2.32. The first-order valence-electron chi connectivity index (χ1n) is 8.98. The van der Waals surface area contributed by atoms with Gasteiger partial charge in [0, 0.05) is 12.6 Å². The Morgan fingerprint density at radius 1 is 1.24 bits per heavy atom. The summed E-state index contributed by atoms with van der Waals surface area (Å²) in [6, 6.07) is 8.89. The normalized spacial score (nSPS) is 26.7. The van der Waals surface area contributed by atoms with Crippen molar-refractivity contribution in [2.75, 3.05) is 13.1 Å². The quantitative estimate of drug-likeness (QED) is 0.853. The molecule has 0 aliphatic carbocycles. The maximum atomic E-state index is 13.0. The summed E-state index contributed by atoms with van der Waals surface area (Å²) in [6.07, 6.45) is 3.49. The highest BCUT2D eigenvalue weighted by atomic mass is 16.2. The maximum Gasteiger partial charge on any atom is 0.325 e. The number of benzene rings is 1. The van der Waals surface area contributed by atoms with Crippen molar-refractivity contribution in [3.05, 3.63) is 35.9 Å². The smallest absolute Gasteiger partial charge is 0.325 e. The van der Waals surface area contributed by atoms with Gasteiger partial charge in [-0.3, -0.25) is 14.5 Å². The van der Waals surface area contributed by atoms with Crippen LogP contribution in [-0.2, 0) is 15.1 Å². The average molecular weight is 343 g/mol. The molecule has 6 nitrogen and oxygen atoms in total. The molecule has 0 saturated carbocycles. The van der Waals surface area contributed by atoms with Crippen LogP contribution in [0.2, 0.25) is 0 Å². The van der Waals surface area contributed by atoms with Gasteiger partial charge in [0.25, 0.3) is 5.91 Å². The molecule has 2 saturated heterocycles. The molecular weight excluding hydrogens is 318 g/mol. The molecule has 2 aliphatic rings. The molecule has 2 heterocycles. The summed E-state index contributed by atoms with van der Waals surface area (Å²) in [4.78, 5) is 41.0. The van der Waals surface area contributed by atoms with Crippen LogP contribution in [0.1, 0.15) is 45.1 Å². The molecule has 134 valence electrons. The van der Waals surface area contributed by atoms with E-state index >= 15 is 0 Å². The van der Waals surface area contributed by atoms with E-state index in [1.54, 1.807) is 4.90 Å². The zero-order valence-electron chi connectivity index (χ0n) is 14.8. The summed E-state index contributed by atoms with van der Waals surface area (Å²) in [7, 11) is 0. The molecule has 2 fully saturated rings. The van der Waals surface area contributed by atoms with Gasteiger partial charge in [0.2, 0.25) is 5.91 Å². The summed E-state index contributed by atoms with van der Waals surface area (Å²) in [6.45, 7) is 4.39. The van der Waals surface area contributed by atoms with E-state index < -0.39 is 11.6 Å². The highest BCUT2D eigenvalue weighted by Gasteiger charge is 2.51. The number of carbonyl (C=O) groups is 3. The van der Waals surface area contributed by atoms with Crippen LogP contribution in [0.3, 0.4) is 0 Å². The van der Waals surface area contributed by atoms with Gasteiger partial charge in [-0.1, -0.05) is 37.3 Å². The van der Waals surface area contributed by atoms with Crippen molar-refractivity contribution in [3.63, 3.8) is 0 Å². The Balaban J connectivity index is 1.80. The van der Waals surface area contributed by atoms with Crippen LogP contribution in [0, 0.1) is 0 Å². The van der Waals surface area contributed by atoms with Crippen molar-refractivity contribution < 1.29 is 14.4 Å². The third kappa shape index (κ3) is 3.01. The maximum absolute atomic E-state index is 13.0. The zero-order valence-corrected chi connectivity index (χ0v) is 14.8. The highest BCUT2D eigenvalue weighted by molar-refractivity contribution is 6.09. The number of urea groups is 1. The molecular formula is C19H25N3O3. The first-order valence-corrected chi connectivity index (χ1v) is 8.98. The van der Waals surface area contributed by atoms with Crippen molar-refractivity contribution in [2.24, 2.45) is 0 Å². The molecule has 1 aromatic rings. The minimum atomic E-state index is -1.08. The van der Waals surface area contributed by atoms with Gasteiger partial charge < -0.3 is 10.2 Å². The molecule has 6 heteroatoms. The third-order valence-electron chi connectivity index (χ3n) is 5.39. The largest absolute Gasteiger partial charge is 0.338 e. The summed E-state index contributed by atoms with van der Waals surface area (Å²) in [5.74, 6) is -0.500. The lowest BCUT2D eigenvalue weighted by Gasteiger charge is -2.34. The molecule has 0 spiro atoms. The molecule has 0 aromatic heterocycles. The molecule has 2 atom stereocenters. The number of imide groups is 1. The standard InChI is InChI=1S/C19H25N3O3/c1-3-19(15-10-5-4-6-11-15)17(24)22(18(25)20-19)13-16(23)21-12-8-7-9-14(21)2/h4-6,10-11,14H,3,7-9,12-13H2,1-2H3,(H,20,25)/t14-,19+/m1/s1. The Bertz CT molecular complexity index is 676. The first kappa shape index (κ1) is 17.5. The Morgan fingerprint density at radius 3 is 2.60 bits per heavy atom. The van der Waals surface area contributed by atoms with Gasteiger partial charge in [0.15, 0.2) is 0 Å². The van der Waals surface area contributed by atoms with Gasteiger partial charge in [-0.15, -0.1) is 0 Å². The van der Waals surface area contributed by atoms with Crippen molar-refractivity contribution in [1.82, 2.24) is 15.1 Å². The Morgan fingerprint density at radius 2 is 1.96 bits per heavy atom. The second kappa shape index (κ2) is 6.86. The molecule has 2 aliphatic heterocycles. The lowest BCUT2D eigenvalue weighted by Crippen LogP contribution is -2.49. The van der Waals surface area contributed by atoms with E-state index in [1.807, 2.05) is 44.2 Å². The minimum Gasteiger partial charge on any atom is -0.338 e. The molecule has 0 unspecified atom stereocenters. The van der Waals surface area contributed by atoms with E-state index in [4.69, 9.17) is 0 Å². The van der Waals surface area contributed by atoms with Crippen LogP contribution in [0.25, 0.3) is 0 Å². The average Bonchev–Trinajstić information content (AvgIpc) is 2.88. The molecule has 0 radical (unpaired) electrons. The predicted molar refractivity (Wildman–Crippen MR) is 93.7 cm³/mol. The van der Waals surface area contributed by atoms with Crippen molar-refractivity contribution in [3.8, 4) is 0 Å². The van der Waals surface area contributed by atoms with Gasteiger partial charge in [-0.25, -0.2) is 4.79 Å². The van der Waals surface area contributed by atoms with Crippen LogP contribution in [0.4, 0.5) is 4.79 Å². The van der Waals surface area contributed by atoms with Crippen molar-refractivity contribution >= 4 is 17.8 Å². The summed E-state index contributed by atoms with van der Waals surface area (Å²) in [5, 5.41) is 2.82. The number of hydrogen-bond acceptors (Lipinski definition) is 3. The molecule has 25 heavy (non-hydrogen) atoms. The lowest BCUT2D eigenvalue weighted by molar-refractivity contribution is -0.141. The van der Waals surface area contributed by atoms with E-state index in [0.29, 0.717) is 13.0 Å². The fourth-order valence-electron chi connectivity index (χ4n) is 3.83. The minimum absolute atomic E-state index is 0.157. The lowest BCUT2D eigenvalue weighted by atomic mass is 9.87. The number of amides is 4. The molecule has 1 aromatic carbocycles. The summed E-state index contributed by atoms with van der Waals surface area (Å²) >= 11 is 0. The number of piperidine rings is 1. The van der Waals surface area contributed by atoms with Gasteiger partial charge in [0.05, 0.1) is 0 Å². The third-order valence-corrected chi connectivity index (χ3v) is 5.39.